The third-order valence-corrected chi connectivity index (χ3v) is 5.87. The molecule has 0 spiro atoms. The van der Waals surface area contributed by atoms with E-state index in [2.05, 4.69) is 31.8 Å². The van der Waals surface area contributed by atoms with Gasteiger partial charge in [0.05, 0.1) is 31.0 Å². The van der Waals surface area contributed by atoms with Crippen molar-refractivity contribution in [3.8, 4) is 23.0 Å². The van der Waals surface area contributed by atoms with Gasteiger partial charge in [0.2, 0.25) is 0 Å². The fraction of sp³-hybridized carbons (Fsp3) is 0.276. The van der Waals surface area contributed by atoms with Gasteiger partial charge in [-0.2, -0.15) is 5.10 Å². The molecule has 0 bridgehead atoms. The number of carbonyl (C=O) groups excluding carboxylic acids is 2. The number of methoxy groups -OCH3 is 1. The number of benzene rings is 3. The molecule has 0 atom stereocenters. The van der Waals surface area contributed by atoms with Crippen molar-refractivity contribution in [2.75, 3.05) is 32.2 Å². The first-order valence-corrected chi connectivity index (χ1v) is 13.2. The monoisotopic (exact) mass is 597 g/mol. The lowest BCUT2D eigenvalue weighted by Crippen LogP contribution is -2.20. The summed E-state index contributed by atoms with van der Waals surface area (Å²) in [5.74, 6) is 1.14. The summed E-state index contributed by atoms with van der Waals surface area (Å²) in [4.78, 5) is 25.0. The number of hydrogen-bond acceptors (Lipinski definition) is 7. The number of nitrogens with zero attached hydrogens (tertiary/aromatic N) is 1. The molecule has 0 saturated carbocycles. The minimum atomic E-state index is -0.403. The molecule has 3 rings (SSSR count). The van der Waals surface area contributed by atoms with Crippen molar-refractivity contribution in [3.63, 3.8) is 0 Å². The normalized spacial score (nSPS) is 10.7. The molecule has 3 aromatic carbocycles. The molecule has 0 aliphatic heterocycles. The van der Waals surface area contributed by atoms with Gasteiger partial charge in [-0.25, -0.2) is 5.43 Å². The Morgan fingerprint density at radius 2 is 1.72 bits per heavy atom. The Balaban J connectivity index is 1.63. The van der Waals surface area contributed by atoms with Gasteiger partial charge in [-0.1, -0.05) is 24.6 Å². The quantitative estimate of drug-likeness (QED) is 0.192. The fourth-order valence-electron chi connectivity index (χ4n) is 3.40. The summed E-state index contributed by atoms with van der Waals surface area (Å²) in [6, 6.07) is 15.9. The number of ether oxygens (including phenoxy) is 4. The Morgan fingerprint density at radius 1 is 0.949 bits per heavy atom. The van der Waals surface area contributed by atoms with Gasteiger partial charge in [-0.3, -0.25) is 9.59 Å². The second-order valence-electron chi connectivity index (χ2n) is 8.38. The van der Waals surface area contributed by atoms with Crippen LogP contribution in [-0.2, 0) is 4.79 Å². The molecule has 0 aliphatic carbocycles. The Kier molecular flexibility index (Phi) is 11.2. The van der Waals surface area contributed by atoms with Crippen LogP contribution in [0.15, 0.2) is 64.2 Å². The first kappa shape index (κ1) is 29.5. The molecule has 2 amide bonds. The number of amides is 2. The van der Waals surface area contributed by atoms with Crippen LogP contribution in [-0.4, -0.2) is 45.0 Å². The third-order valence-electron chi connectivity index (χ3n) is 5.28. The van der Waals surface area contributed by atoms with Gasteiger partial charge in [0, 0.05) is 11.3 Å². The van der Waals surface area contributed by atoms with Gasteiger partial charge in [-0.05, 0) is 84.2 Å². The number of hydrogen-bond donors (Lipinski definition) is 2. The van der Waals surface area contributed by atoms with Crippen LogP contribution in [0.3, 0.4) is 0 Å². The number of anilines is 1. The van der Waals surface area contributed by atoms with Gasteiger partial charge in [0.1, 0.15) is 0 Å². The molecular formula is C29H32BrN3O6. The van der Waals surface area contributed by atoms with E-state index in [4.69, 9.17) is 18.9 Å². The van der Waals surface area contributed by atoms with Gasteiger partial charge >= 0.3 is 0 Å². The highest BCUT2D eigenvalue weighted by atomic mass is 79.9. The highest BCUT2D eigenvalue weighted by Crippen LogP contribution is 2.36. The smallest absolute Gasteiger partial charge is 0.271 e. The Hall–Kier alpha value is -4.05. The summed E-state index contributed by atoms with van der Waals surface area (Å²) in [7, 11) is 1.49. The average Bonchev–Trinajstić information content (AvgIpc) is 2.92. The summed E-state index contributed by atoms with van der Waals surface area (Å²) in [5.41, 5.74) is 5.31. The van der Waals surface area contributed by atoms with E-state index in [1.165, 1.54) is 13.3 Å². The standard InChI is InChI=1S/C29H32BrN3O6/c1-5-13-38-24-12-9-21(16-25(24)37-6-2)29(35)33-31-17-20-14-23(30)28(26(15-20)36-4)39-18-27(34)32-22-10-7-19(3)8-11-22/h7-12,14-17H,5-6,13,18H2,1-4H3,(H,32,34)(H,33,35)/b31-17+. The van der Waals surface area contributed by atoms with Gasteiger partial charge in [-0.15, -0.1) is 0 Å². The van der Waals surface area contributed by atoms with E-state index >= 15 is 0 Å². The van der Waals surface area contributed by atoms with E-state index in [-0.39, 0.29) is 12.5 Å². The van der Waals surface area contributed by atoms with E-state index < -0.39 is 5.91 Å². The molecule has 0 aromatic heterocycles. The summed E-state index contributed by atoms with van der Waals surface area (Å²) < 4.78 is 23.0. The molecule has 39 heavy (non-hydrogen) atoms. The molecule has 2 N–H and O–H groups in total. The molecular weight excluding hydrogens is 566 g/mol. The summed E-state index contributed by atoms with van der Waals surface area (Å²) in [6.07, 6.45) is 2.33. The van der Waals surface area contributed by atoms with E-state index in [1.54, 1.807) is 30.3 Å². The van der Waals surface area contributed by atoms with E-state index in [0.29, 0.717) is 57.5 Å². The van der Waals surface area contributed by atoms with Crippen LogP contribution >= 0.6 is 15.9 Å². The Morgan fingerprint density at radius 3 is 2.41 bits per heavy atom. The van der Waals surface area contributed by atoms with Crippen molar-refractivity contribution in [1.82, 2.24) is 5.43 Å². The minimum Gasteiger partial charge on any atom is -0.493 e. The van der Waals surface area contributed by atoms with Crippen LogP contribution in [0, 0.1) is 6.92 Å². The van der Waals surface area contributed by atoms with Crippen LogP contribution in [0.5, 0.6) is 23.0 Å². The number of nitrogens with one attached hydrogen (secondary N) is 2. The zero-order valence-electron chi connectivity index (χ0n) is 22.4. The Labute approximate surface area is 236 Å². The number of aryl methyl sites for hydroxylation is 1. The zero-order chi connectivity index (χ0) is 28.2. The van der Waals surface area contributed by atoms with Crippen LogP contribution in [0.4, 0.5) is 5.69 Å². The largest absolute Gasteiger partial charge is 0.493 e. The second-order valence-corrected chi connectivity index (χ2v) is 9.23. The first-order chi connectivity index (χ1) is 18.8. The number of rotatable bonds is 13. The van der Waals surface area contributed by atoms with Crippen molar-refractivity contribution in [3.05, 3.63) is 75.8 Å². The van der Waals surface area contributed by atoms with Crippen LogP contribution in [0.2, 0.25) is 0 Å². The van der Waals surface area contributed by atoms with Crippen LogP contribution < -0.4 is 29.7 Å². The molecule has 0 saturated heterocycles. The predicted molar refractivity (Wildman–Crippen MR) is 154 cm³/mol. The third kappa shape index (κ3) is 8.75. The second kappa shape index (κ2) is 14.8. The number of hydrazone groups is 1. The molecule has 0 unspecified atom stereocenters. The van der Waals surface area contributed by atoms with E-state index in [0.717, 1.165) is 12.0 Å². The van der Waals surface area contributed by atoms with Crippen LogP contribution in [0.1, 0.15) is 41.8 Å². The maximum Gasteiger partial charge on any atom is 0.271 e. The zero-order valence-corrected chi connectivity index (χ0v) is 24.0. The average molecular weight is 598 g/mol. The lowest BCUT2D eigenvalue weighted by atomic mass is 10.2. The first-order valence-electron chi connectivity index (χ1n) is 12.4. The number of carbonyl (C=O) groups is 2. The highest BCUT2D eigenvalue weighted by molar-refractivity contribution is 9.10. The van der Waals surface area contributed by atoms with Gasteiger partial charge in [0.25, 0.3) is 11.8 Å². The summed E-state index contributed by atoms with van der Waals surface area (Å²) in [6.45, 7) is 6.64. The van der Waals surface area contributed by atoms with E-state index in [1.807, 2.05) is 45.0 Å². The summed E-state index contributed by atoms with van der Waals surface area (Å²) in [5, 5.41) is 6.85. The lowest BCUT2D eigenvalue weighted by molar-refractivity contribution is -0.118. The van der Waals surface area contributed by atoms with Crippen molar-refractivity contribution < 1.29 is 28.5 Å². The Bertz CT molecular complexity index is 1310. The molecule has 0 radical (unpaired) electrons. The van der Waals surface area contributed by atoms with Crippen molar-refractivity contribution >= 4 is 39.6 Å². The number of halogens is 1. The van der Waals surface area contributed by atoms with Crippen molar-refractivity contribution in [2.45, 2.75) is 27.2 Å². The minimum absolute atomic E-state index is 0.210. The SMILES string of the molecule is CCCOc1ccc(C(=O)N/N=C/c2cc(Br)c(OCC(=O)Nc3ccc(C)cc3)c(OC)c2)cc1OCC. The summed E-state index contributed by atoms with van der Waals surface area (Å²) >= 11 is 3.46. The predicted octanol–water partition coefficient (Wildman–Crippen LogP) is 5.74. The maximum atomic E-state index is 12.6. The molecule has 10 heteroatoms. The molecule has 3 aromatic rings. The van der Waals surface area contributed by atoms with Crippen molar-refractivity contribution in [2.24, 2.45) is 5.10 Å². The molecule has 9 nitrogen and oxygen atoms in total. The van der Waals surface area contributed by atoms with E-state index in [9.17, 15) is 9.59 Å². The fourth-order valence-corrected chi connectivity index (χ4v) is 3.98. The topological polar surface area (TPSA) is 107 Å². The lowest BCUT2D eigenvalue weighted by Gasteiger charge is -2.13. The molecule has 0 fully saturated rings. The molecule has 0 heterocycles. The molecule has 0 aliphatic rings. The molecule has 206 valence electrons. The van der Waals surface area contributed by atoms with Crippen molar-refractivity contribution in [1.29, 1.82) is 0 Å². The van der Waals surface area contributed by atoms with Crippen LogP contribution in [0.25, 0.3) is 0 Å². The van der Waals surface area contributed by atoms with Gasteiger partial charge in [0.15, 0.2) is 29.6 Å². The highest BCUT2D eigenvalue weighted by Gasteiger charge is 2.14. The van der Waals surface area contributed by atoms with Gasteiger partial charge < -0.3 is 24.3 Å². The maximum absolute atomic E-state index is 12.6.